The fraction of sp³-hybridized carbons (Fsp3) is 0.532. The van der Waals surface area contributed by atoms with Gasteiger partial charge in [0.15, 0.2) is 11.6 Å². The van der Waals surface area contributed by atoms with Gasteiger partial charge in [-0.2, -0.15) is 13.2 Å². The van der Waals surface area contributed by atoms with Crippen LogP contribution in [-0.2, 0) is 38.4 Å². The minimum atomic E-state index is -5.08. The molecule has 0 unspecified atom stereocenters. The Morgan fingerprint density at radius 3 is 1.81 bits per heavy atom. The van der Waals surface area contributed by atoms with Crippen LogP contribution in [0.25, 0.3) is 0 Å². The molecule has 1 heterocycles. The van der Waals surface area contributed by atoms with E-state index in [1.807, 2.05) is 27.7 Å². The van der Waals surface area contributed by atoms with Gasteiger partial charge >= 0.3 is 12.1 Å². The van der Waals surface area contributed by atoms with Crippen LogP contribution in [0.5, 0.6) is 0 Å². The summed E-state index contributed by atoms with van der Waals surface area (Å²) in [5, 5.41) is 26.1. The van der Waals surface area contributed by atoms with Crippen LogP contribution in [-0.4, -0.2) is 137 Å². The fourth-order valence-corrected chi connectivity index (χ4v) is 7.48. The van der Waals surface area contributed by atoms with Crippen molar-refractivity contribution in [1.82, 2.24) is 36.8 Å². The number of nitrogens with two attached hydrogens (primary N) is 1. The second-order valence-electron chi connectivity index (χ2n) is 17.9. The lowest BCUT2D eigenvalue weighted by Gasteiger charge is -2.29. The first-order chi connectivity index (χ1) is 32.7. The minimum Gasteiger partial charge on any atom is -0.475 e. The lowest BCUT2D eigenvalue weighted by Crippen LogP contribution is -2.57. The van der Waals surface area contributed by atoms with Crippen LogP contribution in [0.15, 0.2) is 42.5 Å². The number of nitrogens with one attached hydrogen (secondary N) is 7. The summed E-state index contributed by atoms with van der Waals surface area (Å²) < 4.78 is 31.7. The zero-order chi connectivity index (χ0) is 52.6. The summed E-state index contributed by atoms with van der Waals surface area (Å²) in [6.07, 6.45) is -3.07. The molecule has 0 aromatic heterocycles. The van der Waals surface area contributed by atoms with E-state index >= 15 is 0 Å². The third-order valence-corrected chi connectivity index (χ3v) is 11.0. The number of rotatable bonds is 21. The van der Waals surface area contributed by atoms with Gasteiger partial charge in [0.25, 0.3) is 0 Å². The quantitative estimate of drug-likeness (QED) is 0.0686. The van der Waals surface area contributed by atoms with Crippen molar-refractivity contribution < 1.29 is 66.2 Å². The number of benzene rings is 2. The molecule has 0 saturated carbocycles. The standard InChI is InChI=1S/C45H63N9O9.C2HF3O2/c1-24(2)21-33(53-42(60)28(7)51-41(59)27(6)50-40(58)26(5)46)43(61)49-23-36(55)52-34(22-25(3)4)45(63)54-20-11-17-35(54)44(62)48-19-12-18-47-32-16-10-15-31-37(32)39(57)30-14-9-8-13-29(30)38(31)56;3-2(4,5)1(6)7/h8-10,13-16,24-28,33-35,47H,11-12,17-23,46H2,1-7H3,(H,48,62)(H,49,61)(H,50,58)(H,51,59)(H,52,55)(H,53,60);(H,6,7)/t26-,27+,28+,33+,34+,35+;/m1./s1. The Bertz CT molecular complexity index is 2270. The van der Waals surface area contributed by atoms with Crippen molar-refractivity contribution in [2.75, 3.05) is 31.5 Å². The van der Waals surface area contributed by atoms with Gasteiger partial charge in [-0.3, -0.25) is 43.2 Å². The van der Waals surface area contributed by atoms with E-state index in [2.05, 4.69) is 37.2 Å². The molecule has 0 bridgehead atoms. The van der Waals surface area contributed by atoms with Crippen molar-refractivity contribution in [3.8, 4) is 0 Å². The number of hydrogen-bond acceptors (Lipinski definition) is 12. The number of hydrogen-bond donors (Lipinski definition) is 9. The molecule has 2 aromatic carbocycles. The molecule has 23 heteroatoms. The summed E-state index contributed by atoms with van der Waals surface area (Å²) in [4.78, 5) is 128. The summed E-state index contributed by atoms with van der Waals surface area (Å²) >= 11 is 0. The largest absolute Gasteiger partial charge is 0.490 e. The molecular formula is C47H64F3N9O11. The Labute approximate surface area is 403 Å². The number of ketones is 2. The molecule has 7 amide bonds. The van der Waals surface area contributed by atoms with Crippen LogP contribution in [0.3, 0.4) is 0 Å². The first-order valence-corrected chi connectivity index (χ1v) is 22.9. The maximum atomic E-state index is 13.9. The van der Waals surface area contributed by atoms with Gasteiger partial charge < -0.3 is 53.0 Å². The molecule has 6 atom stereocenters. The van der Waals surface area contributed by atoms with Crippen LogP contribution >= 0.6 is 0 Å². The highest BCUT2D eigenvalue weighted by molar-refractivity contribution is 6.30. The Morgan fingerprint density at radius 2 is 1.24 bits per heavy atom. The van der Waals surface area contributed by atoms with E-state index in [0.29, 0.717) is 60.3 Å². The Kier molecular flexibility index (Phi) is 21.5. The van der Waals surface area contributed by atoms with Gasteiger partial charge in [-0.15, -0.1) is 0 Å². The maximum Gasteiger partial charge on any atom is 0.490 e. The molecule has 70 heavy (non-hydrogen) atoms. The first kappa shape index (κ1) is 57.4. The topological polar surface area (TPSA) is 304 Å². The van der Waals surface area contributed by atoms with E-state index in [4.69, 9.17) is 15.6 Å². The van der Waals surface area contributed by atoms with Crippen LogP contribution in [0.1, 0.15) is 112 Å². The lowest BCUT2D eigenvalue weighted by atomic mass is 9.83. The number of likely N-dealkylation sites (tertiary alicyclic amines) is 1. The van der Waals surface area contributed by atoms with E-state index in [9.17, 15) is 56.3 Å². The third-order valence-electron chi connectivity index (χ3n) is 11.0. The maximum absolute atomic E-state index is 13.9. The monoisotopic (exact) mass is 987 g/mol. The number of carbonyl (C=O) groups excluding carboxylic acids is 9. The molecule has 384 valence electrons. The van der Waals surface area contributed by atoms with Crippen molar-refractivity contribution >= 4 is 64.6 Å². The molecule has 1 fully saturated rings. The summed E-state index contributed by atoms with van der Waals surface area (Å²) in [5.74, 6) is -7.08. The highest BCUT2D eigenvalue weighted by Crippen LogP contribution is 2.32. The number of halogens is 3. The molecule has 4 rings (SSSR count). The second-order valence-corrected chi connectivity index (χ2v) is 17.9. The predicted molar refractivity (Wildman–Crippen MR) is 249 cm³/mol. The number of carboxylic acids is 1. The molecule has 20 nitrogen and oxygen atoms in total. The number of carboxylic acid groups (broad SMARTS) is 1. The summed E-state index contributed by atoms with van der Waals surface area (Å²) in [6, 6.07) is 6.20. The fourth-order valence-electron chi connectivity index (χ4n) is 7.48. The molecular weight excluding hydrogens is 924 g/mol. The minimum absolute atomic E-state index is 0.00815. The smallest absolute Gasteiger partial charge is 0.475 e. The summed E-state index contributed by atoms with van der Waals surface area (Å²) in [6.45, 7) is 12.3. The summed E-state index contributed by atoms with van der Waals surface area (Å²) in [7, 11) is 0. The zero-order valence-corrected chi connectivity index (χ0v) is 40.2. The number of fused-ring (bicyclic) bond motifs is 2. The molecule has 1 aliphatic heterocycles. The van der Waals surface area contributed by atoms with Crippen LogP contribution in [0, 0.1) is 11.8 Å². The number of carbonyl (C=O) groups is 10. The average Bonchev–Trinajstić information content (AvgIpc) is 3.79. The number of alkyl halides is 3. The second kappa shape index (κ2) is 26.2. The molecule has 2 aliphatic rings. The van der Waals surface area contributed by atoms with Gasteiger partial charge in [-0.25, -0.2) is 4.79 Å². The van der Waals surface area contributed by atoms with E-state index in [-0.39, 0.29) is 48.7 Å². The highest BCUT2D eigenvalue weighted by Gasteiger charge is 2.39. The van der Waals surface area contributed by atoms with Crippen LogP contribution in [0.2, 0.25) is 0 Å². The molecule has 10 N–H and O–H groups in total. The zero-order valence-electron chi connectivity index (χ0n) is 40.2. The van der Waals surface area contributed by atoms with Gasteiger partial charge in [0.1, 0.15) is 30.2 Å². The average molecular weight is 988 g/mol. The van der Waals surface area contributed by atoms with Crippen molar-refractivity contribution in [2.45, 2.75) is 123 Å². The number of aliphatic carboxylic acids is 1. The Morgan fingerprint density at radius 1 is 0.700 bits per heavy atom. The Hall–Kier alpha value is -6.91. The van der Waals surface area contributed by atoms with Gasteiger partial charge in [-0.1, -0.05) is 64.1 Å². The van der Waals surface area contributed by atoms with Crippen molar-refractivity contribution in [1.29, 1.82) is 0 Å². The van der Waals surface area contributed by atoms with E-state index in [0.717, 1.165) is 0 Å². The number of anilines is 1. The predicted octanol–water partition coefficient (Wildman–Crippen LogP) is 1.54. The SMILES string of the molecule is CC(C)C[C@H](NC(=O)[C@H](C)NC(=O)[C@H](C)NC(=O)[C@@H](C)N)C(=O)NCC(=O)N[C@@H](CC(C)C)C(=O)N1CCC[C@H]1C(=O)NCCCNc1cccc2c1C(=O)c1ccccc1C2=O.O=C(O)C(F)(F)F. The van der Waals surface area contributed by atoms with Crippen molar-refractivity contribution in [2.24, 2.45) is 17.6 Å². The number of nitrogens with zero attached hydrogens (tertiary/aromatic N) is 1. The van der Waals surface area contributed by atoms with Crippen LogP contribution in [0.4, 0.5) is 18.9 Å². The van der Waals surface area contributed by atoms with E-state index in [1.165, 1.54) is 25.7 Å². The van der Waals surface area contributed by atoms with Gasteiger partial charge in [0.2, 0.25) is 41.4 Å². The normalized spacial score (nSPS) is 16.2. The van der Waals surface area contributed by atoms with Crippen molar-refractivity contribution in [3.63, 3.8) is 0 Å². The van der Waals surface area contributed by atoms with E-state index < -0.39 is 90.4 Å². The molecule has 0 spiro atoms. The third kappa shape index (κ3) is 16.7. The summed E-state index contributed by atoms with van der Waals surface area (Å²) in [5.41, 5.74) is 7.47. The molecule has 1 saturated heterocycles. The molecule has 1 aliphatic carbocycles. The van der Waals surface area contributed by atoms with E-state index in [1.54, 1.807) is 42.5 Å². The lowest BCUT2D eigenvalue weighted by molar-refractivity contribution is -0.192. The van der Waals surface area contributed by atoms with Gasteiger partial charge in [0, 0.05) is 42.0 Å². The molecule has 0 radical (unpaired) electrons. The van der Waals surface area contributed by atoms with Crippen molar-refractivity contribution in [3.05, 3.63) is 64.7 Å². The Balaban J connectivity index is 0.00000171. The van der Waals surface area contributed by atoms with Crippen LogP contribution < -0.4 is 43.0 Å². The highest BCUT2D eigenvalue weighted by atomic mass is 19.4. The van der Waals surface area contributed by atoms with Gasteiger partial charge in [0.05, 0.1) is 18.2 Å². The number of amides is 7. The first-order valence-electron chi connectivity index (χ1n) is 22.9. The molecule has 2 aromatic rings. The van der Waals surface area contributed by atoms with Gasteiger partial charge in [-0.05, 0) is 70.8 Å².